The van der Waals surface area contributed by atoms with Gasteiger partial charge in [0.2, 0.25) is 5.92 Å². The predicted molar refractivity (Wildman–Crippen MR) is 92.7 cm³/mol. The number of alkyl halides is 2. The van der Waals surface area contributed by atoms with E-state index in [0.29, 0.717) is 6.04 Å². The molecule has 1 spiro atoms. The fourth-order valence-electron chi connectivity index (χ4n) is 5.76. The van der Waals surface area contributed by atoms with Crippen molar-refractivity contribution < 1.29 is 18.3 Å². The van der Waals surface area contributed by atoms with Crippen LogP contribution >= 0.6 is 0 Å². The van der Waals surface area contributed by atoms with Crippen LogP contribution in [0.2, 0.25) is 0 Å². The Labute approximate surface area is 148 Å². The van der Waals surface area contributed by atoms with Crippen molar-refractivity contribution in [3.05, 3.63) is 23.8 Å². The smallest absolute Gasteiger partial charge is 0.249 e. The maximum Gasteiger partial charge on any atom is 0.249 e. The van der Waals surface area contributed by atoms with E-state index in [0.717, 1.165) is 43.7 Å². The van der Waals surface area contributed by atoms with Crippen LogP contribution in [-0.2, 0) is 5.41 Å². The zero-order valence-corrected chi connectivity index (χ0v) is 15.3. The number of hydrogen-bond donors (Lipinski definition) is 0. The summed E-state index contributed by atoms with van der Waals surface area (Å²) in [7, 11) is 5.44. The predicted octanol–water partition coefficient (Wildman–Crippen LogP) is 4.25. The average molecular weight is 351 g/mol. The van der Waals surface area contributed by atoms with Crippen molar-refractivity contribution in [1.29, 1.82) is 0 Å². The van der Waals surface area contributed by atoms with Crippen molar-refractivity contribution in [3.63, 3.8) is 0 Å². The van der Waals surface area contributed by atoms with Gasteiger partial charge in [-0.3, -0.25) is 0 Å². The van der Waals surface area contributed by atoms with Gasteiger partial charge in [-0.05, 0) is 62.4 Å². The Morgan fingerprint density at radius 1 is 1.04 bits per heavy atom. The van der Waals surface area contributed by atoms with Gasteiger partial charge in [0, 0.05) is 24.3 Å². The normalized spacial score (nSPS) is 32.9. The Morgan fingerprint density at radius 3 is 2.40 bits per heavy atom. The third-order valence-electron chi connectivity index (χ3n) is 7.03. The summed E-state index contributed by atoms with van der Waals surface area (Å²) in [5.74, 6) is -0.963. The summed E-state index contributed by atoms with van der Waals surface area (Å²) in [6.45, 7) is 1.02. The number of methoxy groups -OCH3 is 2. The van der Waals surface area contributed by atoms with E-state index in [1.54, 1.807) is 14.2 Å². The van der Waals surface area contributed by atoms with Crippen molar-refractivity contribution in [1.82, 2.24) is 4.90 Å². The van der Waals surface area contributed by atoms with Crippen molar-refractivity contribution >= 4 is 0 Å². The fraction of sp³-hybridized carbons (Fsp3) is 0.700. The molecule has 1 aromatic carbocycles. The van der Waals surface area contributed by atoms with Crippen LogP contribution in [-0.4, -0.2) is 44.7 Å². The van der Waals surface area contributed by atoms with Crippen LogP contribution in [0.4, 0.5) is 8.78 Å². The van der Waals surface area contributed by atoms with Gasteiger partial charge in [-0.2, -0.15) is 0 Å². The van der Waals surface area contributed by atoms with E-state index in [4.69, 9.17) is 9.47 Å². The third-order valence-corrected chi connectivity index (χ3v) is 7.03. The summed E-state index contributed by atoms with van der Waals surface area (Å²) in [6.07, 6.45) is 4.00. The second kappa shape index (κ2) is 5.57. The SMILES string of the molecule is COc1ccc(C23CCN(C)C2CC2(CC3)CC(F)(F)C2)cc1OC. The number of halogens is 2. The van der Waals surface area contributed by atoms with Crippen LogP contribution < -0.4 is 9.47 Å². The molecule has 0 aromatic heterocycles. The largest absolute Gasteiger partial charge is 0.493 e. The van der Waals surface area contributed by atoms with Gasteiger partial charge < -0.3 is 14.4 Å². The molecule has 1 heterocycles. The molecule has 3 fully saturated rings. The molecule has 0 amide bonds. The Bertz CT molecular complexity index is 670. The lowest BCUT2D eigenvalue weighted by molar-refractivity contribution is -0.183. The number of likely N-dealkylation sites (tertiary alicyclic amines) is 1. The molecule has 0 radical (unpaired) electrons. The van der Waals surface area contributed by atoms with Crippen molar-refractivity contribution in [2.75, 3.05) is 27.8 Å². The zero-order chi connectivity index (χ0) is 17.9. The topological polar surface area (TPSA) is 21.7 Å². The van der Waals surface area contributed by atoms with Crippen LogP contribution in [0.1, 0.15) is 44.1 Å². The van der Waals surface area contributed by atoms with Crippen molar-refractivity contribution in [3.8, 4) is 11.5 Å². The summed E-state index contributed by atoms with van der Waals surface area (Å²) < 4.78 is 38.0. The Hall–Kier alpha value is -1.36. The molecule has 2 unspecified atom stereocenters. The van der Waals surface area contributed by atoms with Gasteiger partial charge >= 0.3 is 0 Å². The molecule has 138 valence electrons. The van der Waals surface area contributed by atoms with Gasteiger partial charge in [-0.25, -0.2) is 8.78 Å². The van der Waals surface area contributed by atoms with Crippen molar-refractivity contribution in [2.24, 2.45) is 5.41 Å². The number of hydrogen-bond acceptors (Lipinski definition) is 3. The second-order valence-corrected chi connectivity index (χ2v) is 8.39. The maximum atomic E-state index is 13.6. The molecular formula is C20H27F2NO2. The van der Waals surface area contributed by atoms with Crippen LogP contribution in [0.25, 0.3) is 0 Å². The van der Waals surface area contributed by atoms with E-state index in [-0.39, 0.29) is 23.7 Å². The second-order valence-electron chi connectivity index (χ2n) is 8.39. The van der Waals surface area contributed by atoms with Gasteiger partial charge in [0.05, 0.1) is 14.2 Å². The highest BCUT2D eigenvalue weighted by Crippen LogP contribution is 2.64. The number of likely N-dealkylation sites (N-methyl/N-ethyl adjacent to an activating group) is 1. The van der Waals surface area contributed by atoms with Crippen LogP contribution in [0.15, 0.2) is 18.2 Å². The minimum atomic E-state index is -2.44. The first-order valence-corrected chi connectivity index (χ1v) is 9.14. The van der Waals surface area contributed by atoms with E-state index in [9.17, 15) is 8.78 Å². The zero-order valence-electron chi connectivity index (χ0n) is 15.3. The summed E-state index contributed by atoms with van der Waals surface area (Å²) in [6, 6.07) is 6.54. The summed E-state index contributed by atoms with van der Waals surface area (Å²) >= 11 is 0. The Kier molecular flexibility index (Phi) is 3.80. The lowest BCUT2D eigenvalue weighted by Crippen LogP contribution is -2.56. The average Bonchev–Trinajstić information content (AvgIpc) is 2.90. The monoisotopic (exact) mass is 351 g/mol. The van der Waals surface area contributed by atoms with E-state index in [1.165, 1.54) is 5.56 Å². The van der Waals surface area contributed by atoms with Gasteiger partial charge in [-0.1, -0.05) is 6.07 Å². The number of fused-ring (bicyclic) bond motifs is 1. The minimum absolute atomic E-state index is 0.0461. The fourth-order valence-corrected chi connectivity index (χ4v) is 5.76. The third kappa shape index (κ3) is 2.54. The van der Waals surface area contributed by atoms with Crippen LogP contribution in [0.3, 0.4) is 0 Å². The molecule has 2 aliphatic carbocycles. The van der Waals surface area contributed by atoms with E-state index >= 15 is 0 Å². The lowest BCUT2D eigenvalue weighted by atomic mass is 9.51. The molecule has 2 saturated carbocycles. The number of ether oxygens (including phenoxy) is 2. The Balaban J connectivity index is 1.67. The number of nitrogens with zero attached hydrogens (tertiary/aromatic N) is 1. The van der Waals surface area contributed by atoms with Gasteiger partial charge in [-0.15, -0.1) is 0 Å². The molecule has 25 heavy (non-hydrogen) atoms. The highest BCUT2D eigenvalue weighted by Gasteiger charge is 2.63. The number of rotatable bonds is 3. The maximum absolute atomic E-state index is 13.6. The first kappa shape index (κ1) is 17.1. The molecule has 1 aliphatic heterocycles. The highest BCUT2D eigenvalue weighted by atomic mass is 19.3. The molecule has 0 bridgehead atoms. The summed E-state index contributed by atoms with van der Waals surface area (Å²) in [5, 5.41) is 0. The molecular weight excluding hydrogens is 324 g/mol. The highest BCUT2D eigenvalue weighted by molar-refractivity contribution is 5.46. The molecule has 3 aliphatic rings. The molecule has 1 saturated heterocycles. The molecule has 5 heteroatoms. The lowest BCUT2D eigenvalue weighted by Gasteiger charge is -2.56. The van der Waals surface area contributed by atoms with Gasteiger partial charge in [0.1, 0.15) is 0 Å². The summed E-state index contributed by atoms with van der Waals surface area (Å²) in [4.78, 5) is 2.38. The van der Waals surface area contributed by atoms with Crippen LogP contribution in [0, 0.1) is 5.41 Å². The number of benzene rings is 1. The first-order chi connectivity index (χ1) is 11.8. The molecule has 1 aromatic rings. The standard InChI is InChI=1S/C20H27F2NO2/c1-23-9-8-19(14-4-5-15(24-2)16(10-14)25-3)7-6-18(11-17(19)23)12-20(21,22)13-18/h4-5,10,17H,6-9,11-13H2,1-3H3. The minimum Gasteiger partial charge on any atom is -0.493 e. The molecule has 3 nitrogen and oxygen atoms in total. The summed E-state index contributed by atoms with van der Waals surface area (Å²) in [5.41, 5.74) is 1.16. The van der Waals surface area contributed by atoms with E-state index in [2.05, 4.69) is 24.1 Å². The van der Waals surface area contributed by atoms with Gasteiger partial charge in [0.15, 0.2) is 11.5 Å². The Morgan fingerprint density at radius 2 is 1.76 bits per heavy atom. The van der Waals surface area contributed by atoms with Crippen molar-refractivity contribution in [2.45, 2.75) is 55.9 Å². The molecule has 4 rings (SSSR count). The van der Waals surface area contributed by atoms with Crippen LogP contribution in [0.5, 0.6) is 11.5 Å². The first-order valence-electron chi connectivity index (χ1n) is 9.14. The van der Waals surface area contributed by atoms with E-state index < -0.39 is 5.92 Å². The van der Waals surface area contributed by atoms with E-state index in [1.807, 2.05) is 6.07 Å². The molecule has 2 atom stereocenters. The van der Waals surface area contributed by atoms with Gasteiger partial charge in [0.25, 0.3) is 0 Å². The molecule has 0 N–H and O–H groups in total. The quantitative estimate of drug-likeness (QED) is 0.813.